The molecule has 2 amide bonds. The Morgan fingerprint density at radius 3 is 2.64 bits per heavy atom. The van der Waals surface area contributed by atoms with Crippen LogP contribution in [0.3, 0.4) is 0 Å². The summed E-state index contributed by atoms with van der Waals surface area (Å²) < 4.78 is 0. The van der Waals surface area contributed by atoms with Crippen LogP contribution in [0.5, 0.6) is 0 Å². The van der Waals surface area contributed by atoms with E-state index < -0.39 is 0 Å². The second-order valence-corrected chi connectivity index (χ2v) is 4.71. The lowest BCUT2D eigenvalue weighted by atomic mass is 9.93. The smallest absolute Gasteiger partial charge is 0.317 e. The van der Waals surface area contributed by atoms with Crippen molar-refractivity contribution in [3.8, 4) is 0 Å². The Labute approximate surface area is 84.0 Å². The van der Waals surface area contributed by atoms with E-state index in [1.165, 1.54) is 25.7 Å². The predicted octanol–water partition coefficient (Wildman–Crippen LogP) is 0.295. The van der Waals surface area contributed by atoms with Crippen molar-refractivity contribution in [1.29, 1.82) is 0 Å². The first-order valence-corrected chi connectivity index (χ1v) is 5.63. The van der Waals surface area contributed by atoms with Crippen LogP contribution < -0.4 is 10.6 Å². The summed E-state index contributed by atoms with van der Waals surface area (Å²) >= 11 is 0. The molecule has 4 heteroatoms. The second kappa shape index (κ2) is 3.12. The lowest BCUT2D eigenvalue weighted by molar-refractivity contribution is 0.0976. The van der Waals surface area contributed by atoms with Gasteiger partial charge in [0.1, 0.15) is 0 Å². The molecule has 4 fully saturated rings. The highest BCUT2D eigenvalue weighted by Gasteiger charge is 2.37. The minimum atomic E-state index is 0.170. The second-order valence-electron chi connectivity index (χ2n) is 4.71. The van der Waals surface area contributed by atoms with Gasteiger partial charge >= 0.3 is 6.03 Å². The van der Waals surface area contributed by atoms with Gasteiger partial charge in [-0.1, -0.05) is 0 Å². The third-order valence-electron chi connectivity index (χ3n) is 3.51. The van der Waals surface area contributed by atoms with Crippen LogP contribution in [0.4, 0.5) is 4.79 Å². The Bertz CT molecular complexity index is 244. The third-order valence-corrected chi connectivity index (χ3v) is 3.51. The quantitative estimate of drug-likeness (QED) is 0.632. The summed E-state index contributed by atoms with van der Waals surface area (Å²) in [5.41, 5.74) is 0. The van der Waals surface area contributed by atoms with Gasteiger partial charge in [-0.25, -0.2) is 4.79 Å². The fourth-order valence-electron chi connectivity index (χ4n) is 2.44. The standard InChI is InChI=1S/C10H17N3O/c14-10(12-7-1-2-7)13-6-8-3-4-9(13)5-11-8/h7-9,11H,1-6H2,(H,12,14). The molecule has 0 aromatic rings. The number of carbonyl (C=O) groups excluding carboxylic acids is 1. The van der Waals surface area contributed by atoms with Gasteiger partial charge in [-0.05, 0) is 25.7 Å². The van der Waals surface area contributed by atoms with Gasteiger partial charge in [0, 0.05) is 31.2 Å². The minimum absolute atomic E-state index is 0.170. The van der Waals surface area contributed by atoms with Crippen LogP contribution in [-0.2, 0) is 0 Å². The van der Waals surface area contributed by atoms with Gasteiger partial charge in [-0.2, -0.15) is 0 Å². The molecule has 14 heavy (non-hydrogen) atoms. The molecule has 3 heterocycles. The number of piperazine rings is 1. The van der Waals surface area contributed by atoms with Crippen LogP contribution in [0.25, 0.3) is 0 Å². The zero-order valence-electron chi connectivity index (χ0n) is 8.33. The fraction of sp³-hybridized carbons (Fsp3) is 0.900. The van der Waals surface area contributed by atoms with Gasteiger partial charge in [0.15, 0.2) is 0 Å². The molecule has 2 unspecified atom stereocenters. The zero-order chi connectivity index (χ0) is 9.54. The first kappa shape index (κ1) is 8.53. The lowest BCUT2D eigenvalue weighted by Crippen LogP contribution is -2.64. The van der Waals surface area contributed by atoms with Gasteiger partial charge in [0.25, 0.3) is 0 Å². The summed E-state index contributed by atoms with van der Waals surface area (Å²) in [4.78, 5) is 13.9. The Morgan fingerprint density at radius 2 is 2.14 bits per heavy atom. The SMILES string of the molecule is O=C(NC1CC1)N1CC2CCC1CN2. The molecule has 3 aliphatic heterocycles. The van der Waals surface area contributed by atoms with E-state index >= 15 is 0 Å². The van der Waals surface area contributed by atoms with Crippen molar-refractivity contribution in [2.24, 2.45) is 0 Å². The van der Waals surface area contributed by atoms with Crippen molar-refractivity contribution in [2.45, 2.75) is 43.8 Å². The summed E-state index contributed by atoms with van der Waals surface area (Å²) in [7, 11) is 0. The highest BCUT2D eigenvalue weighted by atomic mass is 16.2. The molecule has 1 aliphatic carbocycles. The van der Waals surface area contributed by atoms with Gasteiger partial charge in [-0.15, -0.1) is 0 Å². The molecular weight excluding hydrogens is 178 g/mol. The van der Waals surface area contributed by atoms with Crippen molar-refractivity contribution in [1.82, 2.24) is 15.5 Å². The van der Waals surface area contributed by atoms with E-state index in [4.69, 9.17) is 0 Å². The van der Waals surface area contributed by atoms with Crippen LogP contribution in [0.1, 0.15) is 25.7 Å². The van der Waals surface area contributed by atoms with Gasteiger partial charge in [0.05, 0.1) is 0 Å². The van der Waals surface area contributed by atoms with E-state index in [0.717, 1.165) is 13.1 Å². The number of nitrogens with one attached hydrogen (secondary N) is 2. The minimum Gasteiger partial charge on any atom is -0.335 e. The zero-order valence-corrected chi connectivity index (χ0v) is 8.33. The van der Waals surface area contributed by atoms with Crippen molar-refractivity contribution in [3.63, 3.8) is 0 Å². The highest BCUT2D eigenvalue weighted by Crippen LogP contribution is 2.24. The largest absolute Gasteiger partial charge is 0.335 e. The van der Waals surface area contributed by atoms with Crippen LogP contribution in [0.2, 0.25) is 0 Å². The Balaban J connectivity index is 1.63. The van der Waals surface area contributed by atoms with Crippen molar-refractivity contribution < 1.29 is 4.79 Å². The number of amides is 2. The van der Waals surface area contributed by atoms with Gasteiger partial charge < -0.3 is 15.5 Å². The average molecular weight is 195 g/mol. The molecule has 0 aromatic heterocycles. The number of hydrogen-bond acceptors (Lipinski definition) is 2. The van der Waals surface area contributed by atoms with E-state index in [9.17, 15) is 4.79 Å². The molecule has 0 radical (unpaired) electrons. The first-order chi connectivity index (χ1) is 6.83. The number of hydrogen-bond donors (Lipinski definition) is 2. The molecule has 2 bridgehead atoms. The van der Waals surface area contributed by atoms with Crippen LogP contribution in [0.15, 0.2) is 0 Å². The molecule has 1 saturated carbocycles. The summed E-state index contributed by atoms with van der Waals surface area (Å²) in [5, 5.41) is 6.52. The normalized spacial score (nSPS) is 35.9. The molecule has 0 spiro atoms. The fourth-order valence-corrected chi connectivity index (χ4v) is 2.44. The molecule has 3 saturated heterocycles. The lowest BCUT2D eigenvalue weighted by Gasteiger charge is -2.45. The molecule has 4 rings (SSSR count). The van der Waals surface area contributed by atoms with E-state index in [2.05, 4.69) is 10.6 Å². The number of nitrogens with zero attached hydrogens (tertiary/aromatic N) is 1. The highest BCUT2D eigenvalue weighted by molar-refractivity contribution is 5.75. The van der Waals surface area contributed by atoms with E-state index in [1.807, 2.05) is 4.90 Å². The van der Waals surface area contributed by atoms with Crippen LogP contribution >= 0.6 is 0 Å². The predicted molar refractivity (Wildman–Crippen MR) is 53.1 cm³/mol. The van der Waals surface area contributed by atoms with Gasteiger partial charge in [-0.3, -0.25) is 0 Å². The number of urea groups is 1. The Kier molecular flexibility index (Phi) is 1.90. The number of piperidine rings is 2. The summed E-state index contributed by atoms with van der Waals surface area (Å²) in [5.74, 6) is 0. The van der Waals surface area contributed by atoms with Crippen LogP contribution in [0, 0.1) is 0 Å². The van der Waals surface area contributed by atoms with Crippen molar-refractivity contribution in [2.75, 3.05) is 13.1 Å². The van der Waals surface area contributed by atoms with Crippen molar-refractivity contribution in [3.05, 3.63) is 0 Å². The maximum atomic E-state index is 11.8. The molecule has 4 aliphatic rings. The van der Waals surface area contributed by atoms with Crippen LogP contribution in [-0.4, -0.2) is 42.1 Å². The molecule has 2 N–H and O–H groups in total. The summed E-state index contributed by atoms with van der Waals surface area (Å²) in [6.07, 6.45) is 4.76. The van der Waals surface area contributed by atoms with E-state index in [0.29, 0.717) is 18.1 Å². The Hall–Kier alpha value is -0.770. The molecule has 4 nitrogen and oxygen atoms in total. The molecule has 0 aromatic carbocycles. The van der Waals surface area contributed by atoms with Crippen molar-refractivity contribution >= 4 is 6.03 Å². The molecule has 2 atom stereocenters. The monoisotopic (exact) mass is 195 g/mol. The molecule has 78 valence electrons. The number of carbonyl (C=O) groups is 1. The average Bonchev–Trinajstić information content (AvgIpc) is 3.03. The summed E-state index contributed by atoms with van der Waals surface area (Å²) in [6, 6.07) is 1.64. The van der Waals surface area contributed by atoms with E-state index in [1.54, 1.807) is 0 Å². The summed E-state index contributed by atoms with van der Waals surface area (Å²) in [6.45, 7) is 1.89. The Morgan fingerprint density at radius 1 is 1.29 bits per heavy atom. The number of rotatable bonds is 1. The number of fused-ring (bicyclic) bond motifs is 3. The molecular formula is C10H17N3O. The topological polar surface area (TPSA) is 44.4 Å². The van der Waals surface area contributed by atoms with Gasteiger partial charge in [0.2, 0.25) is 0 Å². The van der Waals surface area contributed by atoms with E-state index in [-0.39, 0.29) is 6.03 Å². The maximum Gasteiger partial charge on any atom is 0.317 e. The third kappa shape index (κ3) is 1.47. The maximum absolute atomic E-state index is 11.8. The first-order valence-electron chi connectivity index (χ1n) is 5.63.